The molecule has 3 aromatic heterocycles. The molecule has 1 aliphatic rings. The van der Waals surface area contributed by atoms with Crippen molar-refractivity contribution in [2.24, 2.45) is 0 Å². The molecular formula is C20H22BrN7O. The maximum Gasteiger partial charge on any atom is 0.239 e. The molecule has 29 heavy (non-hydrogen) atoms. The topological polar surface area (TPSA) is 73.9 Å². The summed E-state index contributed by atoms with van der Waals surface area (Å²) in [5, 5.41) is 0.669. The van der Waals surface area contributed by atoms with Crippen molar-refractivity contribution in [1.82, 2.24) is 29.1 Å². The van der Waals surface area contributed by atoms with Crippen LogP contribution in [0.15, 0.2) is 24.3 Å². The molecule has 4 aromatic rings. The molecule has 9 heteroatoms. The molecule has 0 aliphatic carbocycles. The van der Waals surface area contributed by atoms with E-state index in [1.165, 1.54) is 0 Å². The molecule has 0 saturated carbocycles. The largest absolute Gasteiger partial charge is 0.378 e. The number of imidazole rings is 2. The number of hydrogen-bond acceptors (Lipinski definition) is 6. The Balaban J connectivity index is 1.80. The summed E-state index contributed by atoms with van der Waals surface area (Å²) in [5.41, 5.74) is 3.63. The molecule has 0 unspecified atom stereocenters. The number of benzene rings is 1. The maximum absolute atomic E-state index is 5.55. The standard InChI is InChI=1S/C20H22BrN7O/c1-3-27-16(12-21)23-17-18(26-8-10-29-11-9-26)24-20(25-19(17)27)28-13(2)22-14-6-4-5-7-15(14)28/h4-7H,3,8-12H2,1-2H3. The molecule has 0 bridgehead atoms. The van der Waals surface area contributed by atoms with E-state index in [2.05, 4.69) is 38.4 Å². The van der Waals surface area contributed by atoms with Crippen molar-refractivity contribution >= 4 is 43.9 Å². The van der Waals surface area contributed by atoms with E-state index in [1.54, 1.807) is 0 Å². The van der Waals surface area contributed by atoms with Crippen LogP contribution >= 0.6 is 15.9 Å². The fourth-order valence-corrected chi connectivity index (χ4v) is 4.38. The molecular weight excluding hydrogens is 434 g/mol. The highest BCUT2D eigenvalue weighted by molar-refractivity contribution is 9.08. The zero-order valence-corrected chi connectivity index (χ0v) is 18.1. The van der Waals surface area contributed by atoms with Crippen molar-refractivity contribution in [3.8, 4) is 5.95 Å². The van der Waals surface area contributed by atoms with E-state index in [0.717, 1.165) is 59.3 Å². The van der Waals surface area contributed by atoms with Gasteiger partial charge in [-0.25, -0.2) is 9.97 Å². The zero-order valence-electron chi connectivity index (χ0n) is 16.5. The minimum absolute atomic E-state index is 0.626. The number of aromatic nitrogens is 6. The van der Waals surface area contributed by atoms with E-state index in [9.17, 15) is 0 Å². The third kappa shape index (κ3) is 3.00. The highest BCUT2D eigenvalue weighted by Crippen LogP contribution is 2.29. The van der Waals surface area contributed by atoms with Crippen LogP contribution in [0.1, 0.15) is 18.6 Å². The van der Waals surface area contributed by atoms with Crippen LogP contribution in [-0.4, -0.2) is 55.4 Å². The molecule has 5 rings (SSSR count). The van der Waals surface area contributed by atoms with Crippen molar-refractivity contribution in [2.45, 2.75) is 25.7 Å². The summed E-state index contributed by atoms with van der Waals surface area (Å²) in [6, 6.07) is 8.08. The molecule has 1 aliphatic heterocycles. The van der Waals surface area contributed by atoms with Gasteiger partial charge in [-0.1, -0.05) is 28.1 Å². The van der Waals surface area contributed by atoms with Crippen molar-refractivity contribution < 1.29 is 4.74 Å². The van der Waals surface area contributed by atoms with Gasteiger partial charge in [-0.15, -0.1) is 0 Å². The lowest BCUT2D eigenvalue weighted by atomic mass is 10.3. The summed E-state index contributed by atoms with van der Waals surface area (Å²) in [6.45, 7) is 7.85. The van der Waals surface area contributed by atoms with Gasteiger partial charge in [-0.3, -0.25) is 4.57 Å². The number of hydrogen-bond donors (Lipinski definition) is 0. The summed E-state index contributed by atoms with van der Waals surface area (Å²) in [6.07, 6.45) is 0. The normalized spacial score (nSPS) is 14.9. The van der Waals surface area contributed by atoms with E-state index >= 15 is 0 Å². The Hall–Kier alpha value is -2.52. The van der Waals surface area contributed by atoms with E-state index < -0.39 is 0 Å². The Morgan fingerprint density at radius 2 is 1.86 bits per heavy atom. The van der Waals surface area contributed by atoms with Crippen LogP contribution in [0.25, 0.3) is 28.1 Å². The Kier molecular flexibility index (Phi) is 4.71. The van der Waals surface area contributed by atoms with Gasteiger partial charge in [0.15, 0.2) is 17.0 Å². The second kappa shape index (κ2) is 7.38. The molecule has 0 radical (unpaired) electrons. The first-order valence-electron chi connectivity index (χ1n) is 9.81. The minimum Gasteiger partial charge on any atom is -0.378 e. The van der Waals surface area contributed by atoms with Gasteiger partial charge in [0.1, 0.15) is 11.6 Å². The lowest BCUT2D eigenvalue weighted by Gasteiger charge is -2.28. The van der Waals surface area contributed by atoms with Crippen LogP contribution in [0, 0.1) is 6.92 Å². The third-order valence-electron chi connectivity index (χ3n) is 5.32. The number of rotatable bonds is 4. The zero-order chi connectivity index (χ0) is 20.0. The number of alkyl halides is 1. The summed E-state index contributed by atoms with van der Waals surface area (Å²) in [5.74, 6) is 3.30. The first-order chi connectivity index (χ1) is 14.2. The molecule has 1 aromatic carbocycles. The van der Waals surface area contributed by atoms with Crippen LogP contribution in [0.5, 0.6) is 0 Å². The quantitative estimate of drug-likeness (QED) is 0.439. The first-order valence-corrected chi connectivity index (χ1v) is 10.9. The predicted octanol–water partition coefficient (Wildman–Crippen LogP) is 3.23. The second-order valence-corrected chi connectivity index (χ2v) is 7.57. The van der Waals surface area contributed by atoms with Crippen molar-refractivity contribution in [1.29, 1.82) is 0 Å². The van der Waals surface area contributed by atoms with Crippen molar-refractivity contribution in [3.63, 3.8) is 0 Å². The second-order valence-electron chi connectivity index (χ2n) is 7.01. The molecule has 1 saturated heterocycles. The van der Waals surface area contributed by atoms with Crippen LogP contribution in [-0.2, 0) is 16.6 Å². The van der Waals surface area contributed by atoms with Gasteiger partial charge in [0, 0.05) is 19.6 Å². The summed E-state index contributed by atoms with van der Waals surface area (Å²) in [7, 11) is 0. The molecule has 8 nitrogen and oxygen atoms in total. The number of anilines is 1. The lowest BCUT2D eigenvalue weighted by Crippen LogP contribution is -2.37. The minimum atomic E-state index is 0.626. The lowest BCUT2D eigenvalue weighted by molar-refractivity contribution is 0.122. The maximum atomic E-state index is 5.55. The van der Waals surface area contributed by atoms with E-state index in [-0.39, 0.29) is 0 Å². The van der Waals surface area contributed by atoms with Crippen LogP contribution in [0.2, 0.25) is 0 Å². The summed E-state index contributed by atoms with van der Waals surface area (Å²) < 4.78 is 9.72. The molecule has 4 heterocycles. The average Bonchev–Trinajstić information content (AvgIpc) is 3.29. The van der Waals surface area contributed by atoms with Gasteiger partial charge in [-0.05, 0) is 26.0 Å². The van der Waals surface area contributed by atoms with Crippen molar-refractivity contribution in [2.75, 3.05) is 31.2 Å². The Bertz CT molecular complexity index is 1190. The third-order valence-corrected chi connectivity index (χ3v) is 5.82. The fourth-order valence-electron chi connectivity index (χ4n) is 3.95. The SMILES string of the molecule is CCn1c(CBr)nc2c(N3CCOCC3)nc(-n3c(C)nc4ccccc43)nc21. The van der Waals surface area contributed by atoms with Gasteiger partial charge < -0.3 is 14.2 Å². The van der Waals surface area contributed by atoms with Crippen LogP contribution in [0.3, 0.4) is 0 Å². The number of nitrogens with zero attached hydrogens (tertiary/aromatic N) is 7. The molecule has 0 atom stereocenters. The summed E-state index contributed by atoms with van der Waals surface area (Å²) in [4.78, 5) is 21.8. The summed E-state index contributed by atoms with van der Waals surface area (Å²) >= 11 is 3.57. The Morgan fingerprint density at radius 1 is 1.07 bits per heavy atom. The number of fused-ring (bicyclic) bond motifs is 2. The molecule has 0 amide bonds. The predicted molar refractivity (Wildman–Crippen MR) is 116 cm³/mol. The average molecular weight is 456 g/mol. The molecule has 0 spiro atoms. The highest BCUT2D eigenvalue weighted by atomic mass is 79.9. The van der Waals surface area contributed by atoms with Crippen LogP contribution in [0.4, 0.5) is 5.82 Å². The van der Waals surface area contributed by atoms with Gasteiger partial charge in [0.2, 0.25) is 5.95 Å². The van der Waals surface area contributed by atoms with Crippen LogP contribution < -0.4 is 4.90 Å². The highest BCUT2D eigenvalue weighted by Gasteiger charge is 2.24. The van der Waals surface area contributed by atoms with E-state index in [0.29, 0.717) is 24.5 Å². The number of morpholine rings is 1. The fraction of sp³-hybridized carbons (Fsp3) is 0.400. The van der Waals surface area contributed by atoms with E-state index in [4.69, 9.17) is 24.7 Å². The van der Waals surface area contributed by atoms with Gasteiger partial charge >= 0.3 is 0 Å². The van der Waals surface area contributed by atoms with E-state index in [1.807, 2.05) is 29.7 Å². The molecule has 1 fully saturated rings. The number of para-hydroxylation sites is 2. The van der Waals surface area contributed by atoms with Gasteiger partial charge in [0.05, 0.1) is 29.6 Å². The molecule has 150 valence electrons. The van der Waals surface area contributed by atoms with Crippen molar-refractivity contribution in [3.05, 3.63) is 35.9 Å². The monoisotopic (exact) mass is 455 g/mol. The number of ether oxygens (including phenoxy) is 1. The first kappa shape index (κ1) is 18.5. The Labute approximate surface area is 176 Å². The number of halogens is 1. The Morgan fingerprint density at radius 3 is 2.62 bits per heavy atom. The smallest absolute Gasteiger partial charge is 0.239 e. The van der Waals surface area contributed by atoms with Gasteiger partial charge in [0.25, 0.3) is 0 Å². The van der Waals surface area contributed by atoms with Gasteiger partial charge in [-0.2, -0.15) is 9.97 Å². The molecule has 0 N–H and O–H groups in total. The number of aryl methyl sites for hydroxylation is 2.